The van der Waals surface area contributed by atoms with Crippen molar-refractivity contribution in [3.05, 3.63) is 18.2 Å². The molecule has 0 bridgehead atoms. The van der Waals surface area contributed by atoms with Gasteiger partial charge in [-0.3, -0.25) is 9.69 Å². The van der Waals surface area contributed by atoms with Gasteiger partial charge in [0.05, 0.1) is 13.2 Å². The van der Waals surface area contributed by atoms with Crippen molar-refractivity contribution in [2.75, 3.05) is 44.6 Å². The van der Waals surface area contributed by atoms with E-state index in [9.17, 15) is 13.2 Å². The Balaban J connectivity index is 1.75. The van der Waals surface area contributed by atoms with Gasteiger partial charge in [-0.2, -0.15) is 4.31 Å². The Bertz CT molecular complexity index is 827. The fourth-order valence-corrected chi connectivity index (χ4v) is 6.31. The minimum absolute atomic E-state index is 0.123. The maximum Gasteiger partial charge on any atom is 0.246 e. The molecule has 0 aromatic heterocycles. The van der Waals surface area contributed by atoms with E-state index in [1.165, 1.54) is 16.8 Å². The molecule has 168 valence electrons. The number of benzene rings is 1. The predicted octanol–water partition coefficient (Wildman–Crippen LogP) is 3.18. The van der Waals surface area contributed by atoms with Crippen molar-refractivity contribution in [1.82, 2.24) is 9.21 Å². The molecule has 0 spiro atoms. The Morgan fingerprint density at radius 3 is 2.43 bits per heavy atom. The monoisotopic (exact) mass is 437 g/mol. The number of nitrogens with one attached hydrogen (secondary N) is 1. The first-order valence-corrected chi connectivity index (χ1v) is 12.5. The summed E-state index contributed by atoms with van der Waals surface area (Å²) in [6.07, 6.45) is 3.97. The van der Waals surface area contributed by atoms with Gasteiger partial charge in [-0.15, -0.1) is 0 Å². The molecule has 2 unspecified atom stereocenters. The highest BCUT2D eigenvalue weighted by Gasteiger charge is 2.30. The van der Waals surface area contributed by atoms with Crippen molar-refractivity contribution in [2.24, 2.45) is 11.8 Å². The zero-order valence-corrected chi connectivity index (χ0v) is 19.2. The van der Waals surface area contributed by atoms with Gasteiger partial charge in [-0.25, -0.2) is 8.42 Å². The molecular weight excluding hydrogens is 402 g/mol. The molecule has 1 N–H and O–H groups in total. The van der Waals surface area contributed by atoms with Crippen LogP contribution in [-0.4, -0.2) is 62.9 Å². The smallest absolute Gasteiger partial charge is 0.246 e. The molecule has 30 heavy (non-hydrogen) atoms. The number of anilines is 1. The van der Waals surface area contributed by atoms with Gasteiger partial charge in [-0.1, -0.05) is 20.3 Å². The Hall–Kier alpha value is -1.64. The van der Waals surface area contributed by atoms with Crippen molar-refractivity contribution < 1.29 is 17.9 Å². The van der Waals surface area contributed by atoms with E-state index in [4.69, 9.17) is 4.74 Å². The molecule has 2 aliphatic heterocycles. The Labute approximate surface area is 180 Å². The highest BCUT2D eigenvalue weighted by atomic mass is 32.2. The van der Waals surface area contributed by atoms with Crippen LogP contribution in [0.25, 0.3) is 0 Å². The van der Waals surface area contributed by atoms with Crippen LogP contribution in [0.5, 0.6) is 5.75 Å². The molecule has 0 radical (unpaired) electrons. The van der Waals surface area contributed by atoms with Gasteiger partial charge in [0.25, 0.3) is 0 Å². The third kappa shape index (κ3) is 5.74. The molecule has 0 saturated carbocycles. The molecule has 2 atom stereocenters. The zero-order valence-electron chi connectivity index (χ0n) is 18.4. The van der Waals surface area contributed by atoms with Crippen molar-refractivity contribution >= 4 is 21.6 Å². The summed E-state index contributed by atoms with van der Waals surface area (Å²) in [4.78, 5) is 14.9. The molecule has 2 aliphatic rings. The van der Waals surface area contributed by atoms with Crippen LogP contribution in [0.3, 0.4) is 0 Å². The van der Waals surface area contributed by atoms with Gasteiger partial charge in [0.15, 0.2) is 0 Å². The first-order valence-electron chi connectivity index (χ1n) is 11.1. The number of carbonyl (C=O) groups excluding carboxylic acids is 1. The fraction of sp³-hybridized carbons (Fsp3) is 0.682. The van der Waals surface area contributed by atoms with Gasteiger partial charge in [0.2, 0.25) is 15.9 Å². The lowest BCUT2D eigenvalue weighted by molar-refractivity contribution is -0.117. The lowest BCUT2D eigenvalue weighted by Crippen LogP contribution is -2.42. The predicted molar refractivity (Wildman–Crippen MR) is 118 cm³/mol. The highest BCUT2D eigenvalue weighted by Crippen LogP contribution is 2.31. The first-order chi connectivity index (χ1) is 14.3. The molecule has 0 aliphatic carbocycles. The van der Waals surface area contributed by atoms with Crippen molar-refractivity contribution in [3.8, 4) is 5.75 Å². The van der Waals surface area contributed by atoms with E-state index >= 15 is 0 Å². The van der Waals surface area contributed by atoms with E-state index in [0.717, 1.165) is 32.4 Å². The number of ether oxygens (including phenoxy) is 1. The van der Waals surface area contributed by atoms with Crippen LogP contribution < -0.4 is 10.1 Å². The van der Waals surface area contributed by atoms with Crippen molar-refractivity contribution in [2.45, 2.75) is 51.3 Å². The van der Waals surface area contributed by atoms with Crippen LogP contribution >= 0.6 is 0 Å². The second kappa shape index (κ2) is 10.1. The lowest BCUT2D eigenvalue weighted by Gasteiger charge is -2.34. The SMILES string of the molecule is CCOc1ccc(NC(=O)CN2CC(C)CC(C)C2)cc1S(=O)(=O)N1CCCCC1. The number of carbonyl (C=O) groups is 1. The quantitative estimate of drug-likeness (QED) is 0.709. The molecule has 1 aromatic rings. The van der Waals surface area contributed by atoms with Crippen LogP contribution in [0.2, 0.25) is 0 Å². The second-order valence-electron chi connectivity index (χ2n) is 8.75. The largest absolute Gasteiger partial charge is 0.492 e. The summed E-state index contributed by atoms with van der Waals surface area (Å²) in [5.41, 5.74) is 0.483. The second-order valence-corrected chi connectivity index (χ2v) is 10.7. The first kappa shape index (κ1) is 23.0. The van der Waals surface area contributed by atoms with Gasteiger partial charge in [0.1, 0.15) is 10.6 Å². The van der Waals surface area contributed by atoms with Gasteiger partial charge >= 0.3 is 0 Å². The third-order valence-corrected chi connectivity index (χ3v) is 7.69. The van der Waals surface area contributed by atoms with E-state index in [2.05, 4.69) is 24.1 Å². The molecule has 2 fully saturated rings. The van der Waals surface area contributed by atoms with E-state index < -0.39 is 10.0 Å². The average Bonchev–Trinajstić information content (AvgIpc) is 2.69. The molecule has 1 amide bonds. The summed E-state index contributed by atoms with van der Waals surface area (Å²) >= 11 is 0. The molecule has 8 heteroatoms. The van der Waals surface area contributed by atoms with E-state index in [1.807, 2.05) is 6.92 Å². The molecule has 1 aromatic carbocycles. The molecular formula is C22H35N3O4S. The van der Waals surface area contributed by atoms with Crippen LogP contribution in [0, 0.1) is 11.8 Å². The van der Waals surface area contributed by atoms with Crippen LogP contribution in [0.4, 0.5) is 5.69 Å². The van der Waals surface area contributed by atoms with Crippen molar-refractivity contribution in [3.63, 3.8) is 0 Å². The van der Waals surface area contributed by atoms with E-state index in [-0.39, 0.29) is 10.8 Å². The third-order valence-electron chi connectivity index (χ3n) is 5.77. The lowest BCUT2D eigenvalue weighted by atomic mass is 9.92. The Morgan fingerprint density at radius 2 is 1.80 bits per heavy atom. The summed E-state index contributed by atoms with van der Waals surface area (Å²) in [6, 6.07) is 4.88. The highest BCUT2D eigenvalue weighted by molar-refractivity contribution is 7.89. The summed E-state index contributed by atoms with van der Waals surface area (Å²) in [5, 5.41) is 2.88. The summed E-state index contributed by atoms with van der Waals surface area (Å²) in [7, 11) is -3.67. The fourth-order valence-electron chi connectivity index (χ4n) is 4.63. The Morgan fingerprint density at radius 1 is 1.13 bits per heavy atom. The van der Waals surface area contributed by atoms with Crippen LogP contribution in [-0.2, 0) is 14.8 Å². The van der Waals surface area contributed by atoms with E-state index in [0.29, 0.717) is 49.5 Å². The number of hydrogen-bond donors (Lipinski definition) is 1. The summed E-state index contributed by atoms with van der Waals surface area (Å²) in [6.45, 7) is 9.82. The number of rotatable bonds is 7. The van der Waals surface area contributed by atoms with Gasteiger partial charge < -0.3 is 10.1 Å². The van der Waals surface area contributed by atoms with Gasteiger partial charge in [-0.05, 0) is 56.2 Å². The number of likely N-dealkylation sites (tertiary alicyclic amines) is 1. The average molecular weight is 438 g/mol. The summed E-state index contributed by atoms with van der Waals surface area (Å²) in [5.74, 6) is 1.36. The number of sulfonamides is 1. The standard InChI is InChI=1S/C22H35N3O4S/c1-4-29-20-9-8-19(13-21(20)30(27,28)25-10-6-5-7-11-25)23-22(26)16-24-14-17(2)12-18(3)15-24/h8-9,13,17-18H,4-7,10-12,14-16H2,1-3H3,(H,23,26). The van der Waals surface area contributed by atoms with Crippen molar-refractivity contribution in [1.29, 1.82) is 0 Å². The van der Waals surface area contributed by atoms with Crippen LogP contribution in [0.15, 0.2) is 23.1 Å². The maximum atomic E-state index is 13.2. The molecule has 2 saturated heterocycles. The molecule has 2 heterocycles. The molecule has 7 nitrogen and oxygen atoms in total. The maximum absolute atomic E-state index is 13.2. The van der Waals surface area contributed by atoms with Crippen LogP contribution in [0.1, 0.15) is 46.5 Å². The Kier molecular flexibility index (Phi) is 7.76. The minimum Gasteiger partial charge on any atom is -0.492 e. The number of nitrogens with zero attached hydrogens (tertiary/aromatic N) is 2. The number of amides is 1. The number of hydrogen-bond acceptors (Lipinski definition) is 5. The number of piperidine rings is 2. The van der Waals surface area contributed by atoms with Gasteiger partial charge in [0, 0.05) is 31.9 Å². The summed E-state index contributed by atoms with van der Waals surface area (Å²) < 4.78 is 33.6. The van der Waals surface area contributed by atoms with E-state index in [1.54, 1.807) is 12.1 Å². The minimum atomic E-state index is -3.67. The molecule has 3 rings (SSSR count). The zero-order chi connectivity index (χ0) is 21.7. The normalized spacial score (nSPS) is 23.8. The topological polar surface area (TPSA) is 79.0 Å².